The molecule has 1 saturated carbocycles. The quantitative estimate of drug-likeness (QED) is 0.784. The number of nitrogens with one attached hydrogen (secondary N) is 2. The van der Waals surface area contributed by atoms with Gasteiger partial charge in [-0.1, -0.05) is 12.8 Å². The van der Waals surface area contributed by atoms with E-state index in [4.69, 9.17) is 0 Å². The molecule has 1 aliphatic carbocycles. The van der Waals surface area contributed by atoms with Crippen LogP contribution >= 0.6 is 0 Å². The molecule has 0 bridgehead atoms. The summed E-state index contributed by atoms with van der Waals surface area (Å²) in [7, 11) is 1.83. The average Bonchev–Trinajstić information content (AvgIpc) is 2.80. The van der Waals surface area contributed by atoms with Gasteiger partial charge in [0.25, 0.3) is 0 Å². The first-order valence-electron chi connectivity index (χ1n) is 5.60. The van der Waals surface area contributed by atoms with Crippen LogP contribution in [0.25, 0.3) is 0 Å². The number of anilines is 1. The largest absolute Gasteiger partial charge is 0.357 e. The molecule has 2 N–H and O–H groups in total. The molecule has 4 heteroatoms. The molecule has 0 atom stereocenters. The van der Waals surface area contributed by atoms with Crippen LogP contribution in [0.4, 0.5) is 5.95 Å². The van der Waals surface area contributed by atoms with Gasteiger partial charge >= 0.3 is 0 Å². The van der Waals surface area contributed by atoms with E-state index in [2.05, 4.69) is 20.6 Å². The minimum atomic E-state index is 0.680. The zero-order valence-corrected chi connectivity index (χ0v) is 9.16. The molecule has 15 heavy (non-hydrogen) atoms. The number of hydrogen-bond donors (Lipinski definition) is 2. The van der Waals surface area contributed by atoms with Crippen molar-refractivity contribution in [1.29, 1.82) is 0 Å². The highest BCUT2D eigenvalue weighted by atomic mass is 15.1. The highest BCUT2D eigenvalue weighted by Crippen LogP contribution is 2.17. The van der Waals surface area contributed by atoms with E-state index in [1.165, 1.54) is 25.7 Å². The second-order valence-corrected chi connectivity index (χ2v) is 4.03. The van der Waals surface area contributed by atoms with Crippen molar-refractivity contribution in [3.63, 3.8) is 0 Å². The van der Waals surface area contributed by atoms with Crippen LogP contribution in [-0.2, 0) is 6.54 Å². The number of nitrogens with zero attached hydrogens (tertiary/aromatic N) is 2. The summed E-state index contributed by atoms with van der Waals surface area (Å²) in [4.78, 5) is 8.36. The topological polar surface area (TPSA) is 49.8 Å². The minimum absolute atomic E-state index is 0.680. The lowest BCUT2D eigenvalue weighted by Crippen LogP contribution is -2.25. The molecular formula is C11H18N4. The monoisotopic (exact) mass is 206 g/mol. The molecule has 4 nitrogen and oxygen atoms in total. The van der Waals surface area contributed by atoms with Crippen LogP contribution in [-0.4, -0.2) is 23.1 Å². The number of rotatable bonds is 4. The van der Waals surface area contributed by atoms with E-state index in [1.54, 1.807) is 0 Å². The van der Waals surface area contributed by atoms with Gasteiger partial charge in [-0.25, -0.2) is 9.97 Å². The third-order valence-electron chi connectivity index (χ3n) is 2.88. The first-order chi connectivity index (χ1) is 7.38. The molecule has 0 aliphatic heterocycles. The van der Waals surface area contributed by atoms with Crippen molar-refractivity contribution < 1.29 is 0 Å². The number of aromatic nitrogens is 2. The van der Waals surface area contributed by atoms with Gasteiger partial charge in [-0.15, -0.1) is 0 Å². The Kier molecular flexibility index (Phi) is 3.50. The van der Waals surface area contributed by atoms with Crippen molar-refractivity contribution in [2.24, 2.45) is 0 Å². The van der Waals surface area contributed by atoms with Crippen LogP contribution in [0.1, 0.15) is 31.2 Å². The normalized spacial score (nSPS) is 16.9. The van der Waals surface area contributed by atoms with E-state index in [-0.39, 0.29) is 0 Å². The summed E-state index contributed by atoms with van der Waals surface area (Å²) < 4.78 is 0. The Hall–Kier alpha value is -1.16. The van der Waals surface area contributed by atoms with Gasteiger partial charge in [-0.05, 0) is 12.8 Å². The fourth-order valence-electron chi connectivity index (χ4n) is 1.97. The van der Waals surface area contributed by atoms with E-state index >= 15 is 0 Å². The molecule has 1 aromatic heterocycles. The lowest BCUT2D eigenvalue weighted by molar-refractivity contribution is 0.523. The van der Waals surface area contributed by atoms with Gasteiger partial charge in [-0.3, -0.25) is 0 Å². The van der Waals surface area contributed by atoms with Gasteiger partial charge in [0.2, 0.25) is 5.95 Å². The van der Waals surface area contributed by atoms with Crippen LogP contribution in [0, 0.1) is 0 Å². The van der Waals surface area contributed by atoms with Crippen molar-refractivity contribution in [3.8, 4) is 0 Å². The Morgan fingerprint density at radius 1 is 1.27 bits per heavy atom. The van der Waals surface area contributed by atoms with Crippen molar-refractivity contribution >= 4 is 5.95 Å². The molecule has 0 saturated heterocycles. The van der Waals surface area contributed by atoms with E-state index < -0.39 is 0 Å². The van der Waals surface area contributed by atoms with Gasteiger partial charge in [0, 0.05) is 37.6 Å². The molecule has 0 amide bonds. The summed E-state index contributed by atoms with van der Waals surface area (Å²) in [5.74, 6) is 0.680. The average molecular weight is 206 g/mol. The van der Waals surface area contributed by atoms with Gasteiger partial charge in [0.05, 0.1) is 0 Å². The van der Waals surface area contributed by atoms with Crippen LogP contribution < -0.4 is 10.6 Å². The Labute approximate surface area is 90.5 Å². The standard InChI is InChI=1S/C11H18N4/c1-12-11-14-7-9(8-15-11)6-13-10-4-2-3-5-10/h7-8,10,13H,2-6H2,1H3,(H,12,14,15). The summed E-state index contributed by atoms with van der Waals surface area (Å²) in [5.41, 5.74) is 1.15. The minimum Gasteiger partial charge on any atom is -0.357 e. The maximum Gasteiger partial charge on any atom is 0.222 e. The van der Waals surface area contributed by atoms with E-state index in [0.717, 1.165) is 12.1 Å². The molecule has 0 unspecified atom stereocenters. The summed E-state index contributed by atoms with van der Waals surface area (Å²) in [5, 5.41) is 6.44. The van der Waals surface area contributed by atoms with Crippen LogP contribution in [0.5, 0.6) is 0 Å². The lowest BCUT2D eigenvalue weighted by Gasteiger charge is -2.11. The molecule has 1 heterocycles. The zero-order chi connectivity index (χ0) is 10.5. The maximum absolute atomic E-state index is 4.18. The number of hydrogen-bond acceptors (Lipinski definition) is 4. The van der Waals surface area contributed by atoms with Crippen molar-refractivity contribution in [3.05, 3.63) is 18.0 Å². The molecule has 0 aromatic carbocycles. The molecule has 82 valence electrons. The summed E-state index contributed by atoms with van der Waals surface area (Å²) in [6, 6.07) is 0.703. The van der Waals surface area contributed by atoms with Gasteiger partial charge < -0.3 is 10.6 Å². The van der Waals surface area contributed by atoms with Crippen LogP contribution in [0.2, 0.25) is 0 Å². The fraction of sp³-hybridized carbons (Fsp3) is 0.636. The SMILES string of the molecule is CNc1ncc(CNC2CCCC2)cn1. The van der Waals surface area contributed by atoms with E-state index in [0.29, 0.717) is 12.0 Å². The van der Waals surface area contributed by atoms with Gasteiger partial charge in [0.15, 0.2) is 0 Å². The Morgan fingerprint density at radius 3 is 2.53 bits per heavy atom. The molecule has 2 rings (SSSR count). The van der Waals surface area contributed by atoms with E-state index in [9.17, 15) is 0 Å². The third-order valence-corrected chi connectivity index (χ3v) is 2.88. The maximum atomic E-state index is 4.18. The smallest absolute Gasteiger partial charge is 0.222 e. The van der Waals surface area contributed by atoms with Crippen LogP contribution in [0.3, 0.4) is 0 Å². The Morgan fingerprint density at radius 2 is 1.93 bits per heavy atom. The second kappa shape index (κ2) is 5.07. The lowest BCUT2D eigenvalue weighted by atomic mass is 10.2. The van der Waals surface area contributed by atoms with Gasteiger partial charge in [-0.2, -0.15) is 0 Å². The van der Waals surface area contributed by atoms with Crippen molar-refractivity contribution in [2.45, 2.75) is 38.3 Å². The highest BCUT2D eigenvalue weighted by Gasteiger charge is 2.13. The molecular weight excluding hydrogens is 188 g/mol. The highest BCUT2D eigenvalue weighted by molar-refractivity contribution is 5.23. The molecule has 1 aromatic rings. The van der Waals surface area contributed by atoms with Crippen LogP contribution in [0.15, 0.2) is 12.4 Å². The first kappa shape index (κ1) is 10.4. The zero-order valence-electron chi connectivity index (χ0n) is 9.16. The molecule has 1 fully saturated rings. The van der Waals surface area contributed by atoms with E-state index in [1.807, 2.05) is 19.4 Å². The predicted molar refractivity (Wildman–Crippen MR) is 60.7 cm³/mol. The summed E-state index contributed by atoms with van der Waals surface area (Å²) >= 11 is 0. The summed E-state index contributed by atoms with van der Waals surface area (Å²) in [6.45, 7) is 0.884. The Bertz CT molecular complexity index is 290. The molecule has 1 aliphatic rings. The molecule has 0 spiro atoms. The van der Waals surface area contributed by atoms with Gasteiger partial charge in [0.1, 0.15) is 0 Å². The van der Waals surface area contributed by atoms with Crippen molar-refractivity contribution in [1.82, 2.24) is 15.3 Å². The first-order valence-corrected chi connectivity index (χ1v) is 5.60. The fourth-order valence-corrected chi connectivity index (χ4v) is 1.97. The third kappa shape index (κ3) is 2.89. The predicted octanol–water partition coefficient (Wildman–Crippen LogP) is 1.55. The summed E-state index contributed by atoms with van der Waals surface area (Å²) in [6.07, 6.45) is 9.12. The second-order valence-electron chi connectivity index (χ2n) is 4.03. The van der Waals surface area contributed by atoms with Crippen molar-refractivity contribution in [2.75, 3.05) is 12.4 Å². The Balaban J connectivity index is 1.82. The molecule has 0 radical (unpaired) electrons.